The summed E-state index contributed by atoms with van der Waals surface area (Å²) in [4.78, 5) is 22.1. The number of carboxylic acid groups (broad SMARTS) is 2. The van der Waals surface area contributed by atoms with Gasteiger partial charge in [-0.3, -0.25) is 0 Å². The molecule has 0 aliphatic heterocycles. The van der Waals surface area contributed by atoms with E-state index in [0.717, 1.165) is 12.8 Å². The van der Waals surface area contributed by atoms with Crippen LogP contribution in [0.4, 0.5) is 0 Å². The Bertz CT molecular complexity index is 420. The average molecular weight is 252 g/mol. The number of carboxylic acids is 2. The second kappa shape index (κ2) is 6.05. The van der Waals surface area contributed by atoms with Crippen molar-refractivity contribution in [2.45, 2.75) is 32.8 Å². The zero-order valence-corrected chi connectivity index (χ0v) is 10.3. The van der Waals surface area contributed by atoms with Crippen LogP contribution in [0.3, 0.4) is 0 Å². The summed E-state index contributed by atoms with van der Waals surface area (Å²) < 4.78 is 5.48. The third-order valence-electron chi connectivity index (χ3n) is 2.49. The number of hydrogen-bond acceptors (Lipinski definition) is 3. The Morgan fingerprint density at radius 1 is 1.22 bits per heavy atom. The molecule has 1 aromatic rings. The molecule has 1 rings (SSSR count). The fraction of sp³-hybridized carbons (Fsp3) is 0.385. The molecule has 5 nitrogen and oxygen atoms in total. The first kappa shape index (κ1) is 14.0. The third-order valence-corrected chi connectivity index (χ3v) is 2.49. The molecule has 0 bridgehead atoms. The van der Waals surface area contributed by atoms with Crippen LogP contribution in [0.1, 0.15) is 47.4 Å². The molecule has 98 valence electrons. The average Bonchev–Trinajstić information content (AvgIpc) is 2.28. The molecule has 5 heteroatoms. The van der Waals surface area contributed by atoms with Crippen LogP contribution in [0.5, 0.6) is 5.75 Å². The fourth-order valence-electron chi connectivity index (χ4n) is 1.67. The van der Waals surface area contributed by atoms with Crippen molar-refractivity contribution in [3.63, 3.8) is 0 Å². The van der Waals surface area contributed by atoms with Crippen LogP contribution >= 0.6 is 0 Å². The van der Waals surface area contributed by atoms with Gasteiger partial charge in [-0.05, 0) is 25.5 Å². The van der Waals surface area contributed by atoms with Gasteiger partial charge in [0.15, 0.2) is 0 Å². The van der Waals surface area contributed by atoms with E-state index < -0.39 is 11.9 Å². The second-order valence-corrected chi connectivity index (χ2v) is 4.01. The van der Waals surface area contributed by atoms with Gasteiger partial charge in [0.25, 0.3) is 0 Å². The van der Waals surface area contributed by atoms with Crippen LogP contribution in [0.25, 0.3) is 0 Å². The Hall–Kier alpha value is -2.04. The number of benzene rings is 1. The van der Waals surface area contributed by atoms with E-state index in [4.69, 9.17) is 14.9 Å². The minimum absolute atomic E-state index is 0.0709. The minimum Gasteiger partial charge on any atom is -0.489 e. The topological polar surface area (TPSA) is 83.8 Å². The Morgan fingerprint density at radius 3 is 2.11 bits per heavy atom. The van der Waals surface area contributed by atoms with Gasteiger partial charge in [-0.2, -0.15) is 0 Å². The van der Waals surface area contributed by atoms with Gasteiger partial charge < -0.3 is 14.9 Å². The van der Waals surface area contributed by atoms with Gasteiger partial charge in [-0.15, -0.1) is 0 Å². The minimum atomic E-state index is -1.20. The van der Waals surface area contributed by atoms with Crippen molar-refractivity contribution in [2.24, 2.45) is 0 Å². The van der Waals surface area contributed by atoms with Crippen molar-refractivity contribution in [1.82, 2.24) is 0 Å². The summed E-state index contributed by atoms with van der Waals surface area (Å²) in [5.41, 5.74) is -0.254. The molecule has 0 aromatic heterocycles. The van der Waals surface area contributed by atoms with Crippen LogP contribution in [-0.2, 0) is 0 Å². The van der Waals surface area contributed by atoms with Crippen molar-refractivity contribution in [2.75, 3.05) is 0 Å². The van der Waals surface area contributed by atoms with Crippen LogP contribution in [0, 0.1) is 0 Å². The number of hydrogen-bond donors (Lipinski definition) is 2. The largest absolute Gasteiger partial charge is 0.489 e. The van der Waals surface area contributed by atoms with E-state index in [2.05, 4.69) is 0 Å². The maximum Gasteiger partial charge on any atom is 0.339 e. The summed E-state index contributed by atoms with van der Waals surface area (Å²) in [5.74, 6) is -2.47. The summed E-state index contributed by atoms with van der Waals surface area (Å²) >= 11 is 0. The van der Waals surface area contributed by atoms with Crippen molar-refractivity contribution in [3.8, 4) is 5.75 Å². The van der Waals surface area contributed by atoms with Crippen LogP contribution in [0.2, 0.25) is 0 Å². The lowest BCUT2D eigenvalue weighted by Crippen LogP contribution is -2.16. The van der Waals surface area contributed by atoms with Gasteiger partial charge in [0, 0.05) is 0 Å². The predicted molar refractivity (Wildman–Crippen MR) is 65.4 cm³/mol. The first-order chi connectivity index (χ1) is 8.47. The molecule has 0 fully saturated rings. The normalized spacial score (nSPS) is 11.9. The summed E-state index contributed by atoms with van der Waals surface area (Å²) in [5, 5.41) is 18.1. The zero-order valence-electron chi connectivity index (χ0n) is 10.3. The Balaban J connectivity index is 3.18. The maximum absolute atomic E-state index is 11.1. The molecule has 0 spiro atoms. The maximum atomic E-state index is 11.1. The molecule has 1 atom stereocenters. The fourth-order valence-corrected chi connectivity index (χ4v) is 1.67. The number of carbonyl (C=O) groups is 2. The van der Waals surface area contributed by atoms with E-state index >= 15 is 0 Å². The van der Waals surface area contributed by atoms with Crippen molar-refractivity contribution < 1.29 is 24.5 Å². The van der Waals surface area contributed by atoms with Gasteiger partial charge in [0.1, 0.15) is 16.9 Å². The standard InChI is InChI=1S/C13H16O5/c1-3-5-8(2)18-11-9(12(14)15)6-4-7-10(11)13(16)17/h4,6-8H,3,5H2,1-2H3,(H,14,15)(H,16,17). The quantitative estimate of drug-likeness (QED) is 0.813. The smallest absolute Gasteiger partial charge is 0.339 e. The second-order valence-electron chi connectivity index (χ2n) is 4.01. The monoisotopic (exact) mass is 252 g/mol. The van der Waals surface area contributed by atoms with Crippen molar-refractivity contribution in [3.05, 3.63) is 29.3 Å². The molecular weight excluding hydrogens is 236 g/mol. The molecular formula is C13H16O5. The van der Waals surface area contributed by atoms with Gasteiger partial charge in [0.05, 0.1) is 6.10 Å². The number of rotatable bonds is 6. The highest BCUT2D eigenvalue weighted by Crippen LogP contribution is 2.26. The molecule has 1 aromatic carbocycles. The molecule has 0 saturated carbocycles. The Kier molecular flexibility index (Phi) is 4.71. The van der Waals surface area contributed by atoms with Gasteiger partial charge in [-0.25, -0.2) is 9.59 Å². The summed E-state index contributed by atoms with van der Waals surface area (Å²) in [6.45, 7) is 3.76. The summed E-state index contributed by atoms with van der Waals surface area (Å²) in [6.07, 6.45) is 1.37. The SMILES string of the molecule is CCCC(C)Oc1c(C(=O)O)cccc1C(=O)O. The highest BCUT2D eigenvalue weighted by atomic mass is 16.5. The molecule has 0 aliphatic rings. The molecule has 2 N–H and O–H groups in total. The first-order valence-electron chi connectivity index (χ1n) is 5.73. The third kappa shape index (κ3) is 3.23. The zero-order chi connectivity index (χ0) is 13.7. The van der Waals surface area contributed by atoms with Gasteiger partial charge in [-0.1, -0.05) is 19.4 Å². The van der Waals surface area contributed by atoms with Gasteiger partial charge in [0.2, 0.25) is 0 Å². The van der Waals surface area contributed by atoms with E-state index in [1.54, 1.807) is 6.92 Å². The first-order valence-corrected chi connectivity index (χ1v) is 5.73. The van der Waals surface area contributed by atoms with E-state index in [-0.39, 0.29) is 23.0 Å². The van der Waals surface area contributed by atoms with E-state index in [0.29, 0.717) is 0 Å². The van der Waals surface area contributed by atoms with Crippen molar-refractivity contribution >= 4 is 11.9 Å². The predicted octanol–water partition coefficient (Wildman–Crippen LogP) is 2.65. The lowest BCUT2D eigenvalue weighted by molar-refractivity contribution is 0.0683. The number of para-hydroxylation sites is 1. The van der Waals surface area contributed by atoms with Crippen LogP contribution < -0.4 is 4.74 Å². The highest BCUT2D eigenvalue weighted by Gasteiger charge is 2.21. The Labute approximate surface area is 105 Å². The molecule has 0 aliphatic carbocycles. The molecule has 18 heavy (non-hydrogen) atoms. The summed E-state index contributed by atoms with van der Waals surface area (Å²) in [6, 6.07) is 4.07. The van der Waals surface area contributed by atoms with Gasteiger partial charge >= 0.3 is 11.9 Å². The van der Waals surface area contributed by atoms with E-state index in [9.17, 15) is 9.59 Å². The molecule has 1 unspecified atom stereocenters. The Morgan fingerprint density at radius 2 is 1.72 bits per heavy atom. The van der Waals surface area contributed by atoms with Crippen molar-refractivity contribution in [1.29, 1.82) is 0 Å². The molecule has 0 radical (unpaired) electrons. The molecule has 0 amide bonds. The lowest BCUT2D eigenvalue weighted by Gasteiger charge is -2.17. The van der Waals surface area contributed by atoms with Crippen LogP contribution in [-0.4, -0.2) is 28.3 Å². The molecule has 0 heterocycles. The molecule has 0 saturated heterocycles. The van der Waals surface area contributed by atoms with Crippen LogP contribution in [0.15, 0.2) is 18.2 Å². The van der Waals surface area contributed by atoms with E-state index in [1.807, 2.05) is 6.92 Å². The number of ether oxygens (including phenoxy) is 1. The highest BCUT2D eigenvalue weighted by molar-refractivity contribution is 5.98. The summed E-state index contributed by atoms with van der Waals surface area (Å²) in [7, 11) is 0. The lowest BCUT2D eigenvalue weighted by atomic mass is 10.1. The number of aromatic carboxylic acids is 2. The van der Waals surface area contributed by atoms with E-state index in [1.165, 1.54) is 18.2 Å².